The molecule has 1 aliphatic rings. The molecule has 0 bridgehead atoms. The van der Waals surface area contributed by atoms with Crippen molar-refractivity contribution in [3.63, 3.8) is 0 Å². The lowest BCUT2D eigenvalue weighted by molar-refractivity contribution is -0.0339. The quantitative estimate of drug-likeness (QED) is 0.511. The number of aliphatic hydroxyl groups is 3. The second-order valence-corrected chi connectivity index (χ2v) is 9.50. The summed E-state index contributed by atoms with van der Waals surface area (Å²) in [6.45, 7) is 3.31. The van der Waals surface area contributed by atoms with E-state index >= 15 is 0 Å². The maximum atomic E-state index is 13.6. The Morgan fingerprint density at radius 1 is 1.12 bits per heavy atom. The molecule has 2 atom stereocenters. The molecule has 34 heavy (non-hydrogen) atoms. The third kappa shape index (κ3) is 3.68. The molecule has 0 aliphatic heterocycles. The van der Waals surface area contributed by atoms with Gasteiger partial charge in [0.05, 0.1) is 12.2 Å². The van der Waals surface area contributed by atoms with Crippen LogP contribution in [0, 0.1) is 0 Å². The molecule has 1 aliphatic carbocycles. The molecule has 1 aromatic heterocycles. The van der Waals surface area contributed by atoms with Crippen molar-refractivity contribution in [3.05, 3.63) is 64.3 Å². The van der Waals surface area contributed by atoms with Crippen LogP contribution in [0.4, 0.5) is 0 Å². The van der Waals surface area contributed by atoms with Crippen molar-refractivity contribution >= 4 is 22.6 Å². The Morgan fingerprint density at radius 3 is 2.47 bits per heavy atom. The third-order valence-corrected chi connectivity index (χ3v) is 6.63. The summed E-state index contributed by atoms with van der Waals surface area (Å²) >= 11 is 0. The van der Waals surface area contributed by atoms with Crippen LogP contribution in [0.1, 0.15) is 51.4 Å². The van der Waals surface area contributed by atoms with Gasteiger partial charge in [-0.25, -0.2) is 0 Å². The van der Waals surface area contributed by atoms with Crippen LogP contribution in [0.2, 0.25) is 0 Å². The Hall–Kier alpha value is -3.20. The Bertz CT molecular complexity index is 1290. The average molecular weight is 467 g/mol. The van der Waals surface area contributed by atoms with Crippen molar-refractivity contribution in [2.45, 2.75) is 31.5 Å². The van der Waals surface area contributed by atoms with Gasteiger partial charge in [-0.3, -0.25) is 9.59 Å². The van der Waals surface area contributed by atoms with E-state index in [-0.39, 0.29) is 18.3 Å². The fraction of sp³-hybridized carbons (Fsp3) is 0.385. The number of aliphatic hydroxyl groups excluding tert-OH is 3. The average Bonchev–Trinajstić information content (AvgIpc) is 3.12. The zero-order chi connectivity index (χ0) is 24.9. The summed E-state index contributed by atoms with van der Waals surface area (Å²) in [4.78, 5) is 27.7. The Labute approximate surface area is 198 Å². The van der Waals surface area contributed by atoms with Gasteiger partial charge < -0.3 is 29.5 Å². The Kier molecular flexibility index (Phi) is 6.01. The van der Waals surface area contributed by atoms with Crippen molar-refractivity contribution < 1.29 is 29.6 Å². The number of carbonyl (C=O) groups is 2. The predicted molar refractivity (Wildman–Crippen MR) is 128 cm³/mol. The zero-order valence-electron chi connectivity index (χ0n) is 20.0. The van der Waals surface area contributed by atoms with Gasteiger partial charge in [0.1, 0.15) is 24.6 Å². The first-order chi connectivity index (χ1) is 16.0. The molecule has 0 saturated heterocycles. The molecular formula is C26H30N2O6. The lowest BCUT2D eigenvalue weighted by atomic mass is 9.71. The number of fused-ring (bicyclic) bond motifs is 4. The lowest BCUT2D eigenvalue weighted by Crippen LogP contribution is -2.34. The predicted octanol–water partition coefficient (Wildman–Crippen LogP) is 1.84. The third-order valence-electron chi connectivity index (χ3n) is 6.63. The van der Waals surface area contributed by atoms with E-state index in [4.69, 9.17) is 9.84 Å². The Morgan fingerprint density at radius 2 is 1.82 bits per heavy atom. The van der Waals surface area contributed by atoms with Crippen LogP contribution in [-0.4, -0.2) is 76.0 Å². The summed E-state index contributed by atoms with van der Waals surface area (Å²) in [5.41, 5.74) is 3.65. The molecule has 0 fully saturated rings. The number of nitrogens with zero attached hydrogens (tertiary/aromatic N) is 2. The maximum Gasteiger partial charge on any atom is 0.253 e. The van der Waals surface area contributed by atoms with Crippen molar-refractivity contribution in [1.29, 1.82) is 0 Å². The molecule has 8 nitrogen and oxygen atoms in total. The fourth-order valence-corrected chi connectivity index (χ4v) is 4.79. The van der Waals surface area contributed by atoms with Crippen LogP contribution in [0.25, 0.3) is 10.9 Å². The standard InChI is InChI=1S/C26H30N2O6/c1-26(2)18-11-15(34-13-21(31)20(30)12-29)7-9-16(18)23(32)22-17-8-6-14(25(33)27(3)4)10-19(17)28(5)24(22)26/h6-11,20-21,29-31H,12-13H2,1-5H3/t20-,21-/m1/s1. The molecule has 0 saturated carbocycles. The van der Waals surface area contributed by atoms with E-state index in [0.29, 0.717) is 22.4 Å². The number of ketones is 1. The number of rotatable bonds is 6. The van der Waals surface area contributed by atoms with Gasteiger partial charge in [-0.05, 0) is 35.9 Å². The summed E-state index contributed by atoms with van der Waals surface area (Å²) < 4.78 is 7.62. The summed E-state index contributed by atoms with van der Waals surface area (Å²) in [6, 6.07) is 10.6. The highest BCUT2D eigenvalue weighted by Crippen LogP contribution is 2.46. The number of amides is 1. The highest BCUT2D eigenvalue weighted by atomic mass is 16.5. The van der Waals surface area contributed by atoms with E-state index in [2.05, 4.69) is 0 Å². The topological polar surface area (TPSA) is 112 Å². The molecule has 2 aromatic carbocycles. The highest BCUT2D eigenvalue weighted by molar-refractivity contribution is 6.20. The van der Waals surface area contributed by atoms with Crippen LogP contribution in [0.15, 0.2) is 36.4 Å². The number of aromatic nitrogens is 1. The van der Waals surface area contributed by atoms with Crippen LogP contribution in [0.3, 0.4) is 0 Å². The van der Waals surface area contributed by atoms with E-state index < -0.39 is 24.2 Å². The molecule has 8 heteroatoms. The second kappa shape index (κ2) is 8.54. The first-order valence-corrected chi connectivity index (χ1v) is 11.1. The number of hydrogen-bond acceptors (Lipinski definition) is 6. The molecule has 1 heterocycles. The lowest BCUT2D eigenvalue weighted by Gasteiger charge is -2.34. The van der Waals surface area contributed by atoms with Gasteiger partial charge in [-0.15, -0.1) is 0 Å². The van der Waals surface area contributed by atoms with E-state index in [1.165, 1.54) is 4.90 Å². The van der Waals surface area contributed by atoms with E-state index in [1.54, 1.807) is 38.4 Å². The monoisotopic (exact) mass is 466 g/mol. The number of hydrogen-bond donors (Lipinski definition) is 3. The van der Waals surface area contributed by atoms with Crippen LogP contribution in [-0.2, 0) is 12.5 Å². The zero-order valence-corrected chi connectivity index (χ0v) is 20.0. The van der Waals surface area contributed by atoms with E-state index in [0.717, 1.165) is 22.2 Å². The molecule has 0 spiro atoms. The van der Waals surface area contributed by atoms with Crippen LogP contribution < -0.4 is 4.74 Å². The van der Waals surface area contributed by atoms with Crippen molar-refractivity contribution in [1.82, 2.24) is 9.47 Å². The van der Waals surface area contributed by atoms with E-state index in [9.17, 15) is 19.8 Å². The molecule has 0 unspecified atom stereocenters. The molecule has 1 amide bonds. The number of carbonyl (C=O) groups excluding carboxylic acids is 2. The SMILES string of the molecule is CN(C)C(=O)c1ccc2c3c(n(C)c2c1)C(C)(C)c1cc(OC[C@@H](O)[C@H](O)CO)ccc1C3=O. The minimum Gasteiger partial charge on any atom is -0.491 e. The molecule has 3 aromatic rings. The number of aryl methyl sites for hydroxylation is 1. The van der Waals surface area contributed by atoms with Crippen molar-refractivity contribution in [3.8, 4) is 5.75 Å². The maximum absolute atomic E-state index is 13.6. The summed E-state index contributed by atoms with van der Waals surface area (Å²) in [5, 5.41) is 29.2. The highest BCUT2D eigenvalue weighted by Gasteiger charge is 2.41. The number of benzene rings is 2. The first-order valence-electron chi connectivity index (χ1n) is 11.1. The Balaban J connectivity index is 1.79. The summed E-state index contributed by atoms with van der Waals surface area (Å²) in [7, 11) is 5.31. The molecular weight excluding hydrogens is 436 g/mol. The normalized spacial score (nSPS) is 16.1. The van der Waals surface area contributed by atoms with Gasteiger partial charge in [-0.2, -0.15) is 0 Å². The summed E-state index contributed by atoms with van der Waals surface area (Å²) in [5.74, 6) is 0.249. The van der Waals surface area contributed by atoms with Gasteiger partial charge in [0.25, 0.3) is 5.91 Å². The van der Waals surface area contributed by atoms with Gasteiger partial charge in [0.2, 0.25) is 0 Å². The van der Waals surface area contributed by atoms with Crippen molar-refractivity contribution in [2.24, 2.45) is 7.05 Å². The second-order valence-electron chi connectivity index (χ2n) is 9.50. The van der Waals surface area contributed by atoms with E-state index in [1.807, 2.05) is 37.6 Å². The van der Waals surface area contributed by atoms with Gasteiger partial charge in [0.15, 0.2) is 5.78 Å². The largest absolute Gasteiger partial charge is 0.491 e. The number of ether oxygens (including phenoxy) is 1. The van der Waals surface area contributed by atoms with Gasteiger partial charge in [0, 0.05) is 54.3 Å². The van der Waals surface area contributed by atoms with Gasteiger partial charge in [-0.1, -0.05) is 19.9 Å². The van der Waals surface area contributed by atoms with Crippen LogP contribution >= 0.6 is 0 Å². The molecule has 0 radical (unpaired) electrons. The minimum absolute atomic E-state index is 0.0936. The van der Waals surface area contributed by atoms with Crippen molar-refractivity contribution in [2.75, 3.05) is 27.3 Å². The molecule has 4 rings (SSSR count). The van der Waals surface area contributed by atoms with Crippen LogP contribution in [0.5, 0.6) is 5.75 Å². The minimum atomic E-state index is -1.29. The smallest absolute Gasteiger partial charge is 0.253 e. The fourth-order valence-electron chi connectivity index (χ4n) is 4.79. The molecule has 180 valence electrons. The summed E-state index contributed by atoms with van der Waals surface area (Å²) in [6.07, 6.45) is -2.53. The van der Waals surface area contributed by atoms with Gasteiger partial charge >= 0.3 is 0 Å². The first kappa shape index (κ1) is 23.9. The molecule has 3 N–H and O–H groups in total.